The summed E-state index contributed by atoms with van der Waals surface area (Å²) in [6, 6.07) is 2.08. The number of rotatable bonds is 9. The molecule has 0 bridgehead atoms. The van der Waals surface area contributed by atoms with Gasteiger partial charge in [0.1, 0.15) is 0 Å². The highest BCUT2D eigenvalue weighted by molar-refractivity contribution is 5.94. The molecular weight excluding hydrogens is 318 g/mol. The molecule has 132 valence electrons. The van der Waals surface area contributed by atoms with E-state index in [1.54, 1.807) is 11.8 Å². The van der Waals surface area contributed by atoms with Crippen molar-refractivity contribution in [3.63, 3.8) is 0 Å². The topological polar surface area (TPSA) is 116 Å². The molecule has 0 heterocycles. The summed E-state index contributed by atoms with van der Waals surface area (Å²) >= 11 is 0. The van der Waals surface area contributed by atoms with Gasteiger partial charge in [0.25, 0.3) is 0 Å². The van der Waals surface area contributed by atoms with Crippen LogP contribution in [0.2, 0.25) is 0 Å². The molecular formula is C15H21N3O6. The third-order valence-corrected chi connectivity index (χ3v) is 3.28. The Morgan fingerprint density at radius 3 is 1.83 bits per heavy atom. The molecule has 0 radical (unpaired) electrons. The summed E-state index contributed by atoms with van der Waals surface area (Å²) < 4.78 is 4.80. The standard InChI is InChI=1S/C15H21N3O6/c1-4-7-16(8-5-2)14-12(17(20)21)9-11(15(19)24-6-3)10-13(14)18(22)23/h9-10H,4-8H2,1-3H3. The van der Waals surface area contributed by atoms with E-state index < -0.39 is 27.2 Å². The van der Waals surface area contributed by atoms with Gasteiger partial charge in [-0.15, -0.1) is 0 Å². The number of anilines is 1. The molecule has 0 saturated carbocycles. The number of ether oxygens (including phenoxy) is 1. The molecule has 9 heteroatoms. The minimum atomic E-state index is -0.826. The van der Waals surface area contributed by atoms with Gasteiger partial charge < -0.3 is 9.64 Å². The average Bonchev–Trinajstić information content (AvgIpc) is 2.53. The third-order valence-electron chi connectivity index (χ3n) is 3.28. The zero-order valence-corrected chi connectivity index (χ0v) is 14.0. The fraction of sp³-hybridized carbons (Fsp3) is 0.533. The van der Waals surface area contributed by atoms with Gasteiger partial charge in [-0.2, -0.15) is 0 Å². The number of carbonyl (C=O) groups excluding carboxylic acids is 1. The molecule has 0 amide bonds. The smallest absolute Gasteiger partial charge is 0.338 e. The lowest BCUT2D eigenvalue weighted by molar-refractivity contribution is -0.392. The predicted octanol–water partition coefficient (Wildman–Crippen LogP) is 3.31. The van der Waals surface area contributed by atoms with Crippen LogP contribution < -0.4 is 4.90 Å². The second-order valence-electron chi connectivity index (χ2n) is 5.08. The number of hydrogen-bond acceptors (Lipinski definition) is 7. The quantitative estimate of drug-likeness (QED) is 0.385. The summed E-state index contributed by atoms with van der Waals surface area (Å²) in [4.78, 5) is 34.9. The number of nitro benzene ring substituents is 2. The first kappa shape index (κ1) is 19.3. The number of benzene rings is 1. The lowest BCUT2D eigenvalue weighted by Gasteiger charge is -2.23. The van der Waals surface area contributed by atoms with Crippen molar-refractivity contribution in [2.75, 3.05) is 24.6 Å². The molecule has 1 rings (SSSR count). The number of hydrogen-bond donors (Lipinski definition) is 0. The van der Waals surface area contributed by atoms with Crippen LogP contribution in [0, 0.1) is 20.2 Å². The van der Waals surface area contributed by atoms with Gasteiger partial charge in [0.15, 0.2) is 5.69 Å². The fourth-order valence-corrected chi connectivity index (χ4v) is 2.41. The van der Waals surface area contributed by atoms with Crippen LogP contribution in [0.15, 0.2) is 12.1 Å². The summed E-state index contributed by atoms with van der Waals surface area (Å²) in [6.07, 6.45) is 1.35. The van der Waals surface area contributed by atoms with Crippen molar-refractivity contribution < 1.29 is 19.4 Å². The zero-order chi connectivity index (χ0) is 18.3. The summed E-state index contributed by atoms with van der Waals surface area (Å²) in [5.41, 5.74) is -1.20. The van der Waals surface area contributed by atoms with E-state index in [1.807, 2.05) is 13.8 Å². The molecule has 1 aromatic rings. The normalized spacial score (nSPS) is 10.3. The van der Waals surface area contributed by atoms with Crippen LogP contribution in [0.5, 0.6) is 0 Å². The van der Waals surface area contributed by atoms with Gasteiger partial charge in [0.05, 0.1) is 22.0 Å². The molecule has 0 aliphatic rings. The highest BCUT2D eigenvalue weighted by Gasteiger charge is 2.32. The summed E-state index contributed by atoms with van der Waals surface area (Å²) in [5, 5.41) is 22.9. The second-order valence-corrected chi connectivity index (χ2v) is 5.08. The lowest BCUT2D eigenvalue weighted by atomic mass is 10.1. The van der Waals surface area contributed by atoms with Crippen LogP contribution >= 0.6 is 0 Å². The van der Waals surface area contributed by atoms with Gasteiger partial charge in [-0.3, -0.25) is 20.2 Å². The van der Waals surface area contributed by atoms with Gasteiger partial charge >= 0.3 is 17.3 Å². The van der Waals surface area contributed by atoms with E-state index in [4.69, 9.17) is 4.74 Å². The van der Waals surface area contributed by atoms with Crippen LogP contribution in [-0.4, -0.2) is 35.5 Å². The van der Waals surface area contributed by atoms with Gasteiger partial charge in [-0.1, -0.05) is 13.8 Å². The Kier molecular flexibility index (Phi) is 7.09. The molecule has 24 heavy (non-hydrogen) atoms. The highest BCUT2D eigenvalue weighted by atomic mass is 16.6. The largest absolute Gasteiger partial charge is 0.462 e. The minimum Gasteiger partial charge on any atom is -0.462 e. The fourth-order valence-electron chi connectivity index (χ4n) is 2.41. The maximum atomic E-state index is 11.8. The van der Waals surface area contributed by atoms with Gasteiger partial charge in [0.2, 0.25) is 0 Å². The van der Waals surface area contributed by atoms with Crippen molar-refractivity contribution in [2.24, 2.45) is 0 Å². The van der Waals surface area contributed by atoms with Crippen molar-refractivity contribution in [2.45, 2.75) is 33.6 Å². The molecule has 0 atom stereocenters. The van der Waals surface area contributed by atoms with E-state index in [0.717, 1.165) is 12.1 Å². The maximum absolute atomic E-state index is 11.8. The van der Waals surface area contributed by atoms with Crippen molar-refractivity contribution in [3.05, 3.63) is 37.9 Å². The Bertz CT molecular complexity index is 591. The van der Waals surface area contributed by atoms with E-state index in [0.29, 0.717) is 25.9 Å². The second kappa shape index (κ2) is 8.80. The predicted molar refractivity (Wildman–Crippen MR) is 88.5 cm³/mol. The lowest BCUT2D eigenvalue weighted by Crippen LogP contribution is -2.27. The van der Waals surface area contributed by atoms with E-state index in [2.05, 4.69) is 0 Å². The van der Waals surface area contributed by atoms with Crippen molar-refractivity contribution in [3.8, 4) is 0 Å². The summed E-state index contributed by atoms with van der Waals surface area (Å²) in [7, 11) is 0. The van der Waals surface area contributed by atoms with Crippen molar-refractivity contribution in [1.29, 1.82) is 0 Å². The number of carbonyl (C=O) groups is 1. The maximum Gasteiger partial charge on any atom is 0.338 e. The monoisotopic (exact) mass is 339 g/mol. The number of esters is 1. The SMILES string of the molecule is CCCN(CCC)c1c([N+](=O)[O-])cc(C(=O)OCC)cc1[N+](=O)[O-]. The average molecular weight is 339 g/mol. The Morgan fingerprint density at radius 1 is 1.04 bits per heavy atom. The third kappa shape index (κ3) is 4.40. The summed E-state index contributed by atoms with van der Waals surface area (Å²) in [5.74, 6) is -0.826. The van der Waals surface area contributed by atoms with Crippen LogP contribution in [-0.2, 0) is 4.74 Å². The van der Waals surface area contributed by atoms with Gasteiger partial charge in [0, 0.05) is 25.2 Å². The molecule has 0 aromatic heterocycles. The van der Waals surface area contributed by atoms with Crippen LogP contribution in [0.25, 0.3) is 0 Å². The Morgan fingerprint density at radius 2 is 1.50 bits per heavy atom. The first-order chi connectivity index (χ1) is 11.4. The van der Waals surface area contributed by atoms with E-state index in [9.17, 15) is 25.0 Å². The number of nitrogens with zero attached hydrogens (tertiary/aromatic N) is 3. The molecule has 1 aromatic carbocycles. The Balaban J connectivity index is 3.62. The van der Waals surface area contributed by atoms with Gasteiger partial charge in [-0.25, -0.2) is 4.79 Å². The van der Waals surface area contributed by atoms with E-state index in [1.165, 1.54) is 0 Å². The van der Waals surface area contributed by atoms with Crippen LogP contribution in [0.1, 0.15) is 44.0 Å². The Labute approximate surface area is 139 Å². The molecule has 0 spiro atoms. The van der Waals surface area contributed by atoms with Gasteiger partial charge in [-0.05, 0) is 19.8 Å². The van der Waals surface area contributed by atoms with E-state index >= 15 is 0 Å². The molecule has 0 aliphatic carbocycles. The van der Waals surface area contributed by atoms with E-state index in [-0.39, 0.29) is 17.9 Å². The molecule has 0 fully saturated rings. The van der Waals surface area contributed by atoms with Crippen LogP contribution in [0.3, 0.4) is 0 Å². The zero-order valence-electron chi connectivity index (χ0n) is 14.0. The molecule has 9 nitrogen and oxygen atoms in total. The van der Waals surface area contributed by atoms with Crippen molar-refractivity contribution in [1.82, 2.24) is 0 Å². The molecule has 0 saturated heterocycles. The number of nitro groups is 2. The molecule has 0 aliphatic heterocycles. The Hall–Kier alpha value is -2.71. The van der Waals surface area contributed by atoms with Crippen molar-refractivity contribution >= 4 is 23.0 Å². The molecule has 0 N–H and O–H groups in total. The summed E-state index contributed by atoms with van der Waals surface area (Å²) in [6.45, 7) is 6.29. The minimum absolute atomic E-state index is 0.0678. The first-order valence-corrected chi connectivity index (χ1v) is 7.76. The van der Waals surface area contributed by atoms with Crippen LogP contribution in [0.4, 0.5) is 17.1 Å². The molecule has 0 unspecified atom stereocenters. The highest BCUT2D eigenvalue weighted by Crippen LogP contribution is 2.39. The first-order valence-electron chi connectivity index (χ1n) is 7.76.